The van der Waals surface area contributed by atoms with Crippen LogP contribution in [-0.4, -0.2) is 25.7 Å². The molecule has 0 bridgehead atoms. The van der Waals surface area contributed by atoms with Gasteiger partial charge in [0.25, 0.3) is 0 Å². The Morgan fingerprint density at radius 2 is 1.86 bits per heavy atom. The molecule has 118 valence electrons. The summed E-state index contributed by atoms with van der Waals surface area (Å²) >= 11 is 0. The molecule has 0 heterocycles. The number of rotatable bonds is 4. The van der Waals surface area contributed by atoms with Crippen molar-refractivity contribution >= 4 is 13.5 Å². The fourth-order valence-electron chi connectivity index (χ4n) is 2.34. The molecule has 6 nitrogen and oxygen atoms in total. The number of aromatic hydroxyl groups is 1. The van der Waals surface area contributed by atoms with Gasteiger partial charge in [-0.05, 0) is 47.8 Å². The van der Waals surface area contributed by atoms with Crippen molar-refractivity contribution in [3.63, 3.8) is 0 Å². The predicted octanol–water partition coefficient (Wildman–Crippen LogP) is 3.19. The Morgan fingerprint density at radius 1 is 1.23 bits per heavy atom. The second-order valence-electron chi connectivity index (χ2n) is 5.26. The van der Waals surface area contributed by atoms with Gasteiger partial charge < -0.3 is 20.0 Å². The quantitative estimate of drug-likeness (QED) is 0.636. The van der Waals surface area contributed by atoms with E-state index in [9.17, 15) is 14.8 Å². The molecule has 0 aromatic heterocycles. The lowest BCUT2D eigenvalue weighted by Gasteiger charge is -2.19. The number of hydrogen-bond acceptors (Lipinski definition) is 3. The van der Waals surface area contributed by atoms with Gasteiger partial charge in [-0.1, -0.05) is 19.1 Å². The Kier molecular flexibility index (Phi) is 4.86. The first kappa shape index (κ1) is 16.5. The Bertz CT molecular complexity index is 684. The van der Waals surface area contributed by atoms with Gasteiger partial charge in [-0.2, -0.15) is 4.76 Å². The number of allylic oxidation sites excluding steroid dienone is 3. The highest BCUT2D eigenvalue weighted by Crippen LogP contribution is 2.39. The summed E-state index contributed by atoms with van der Waals surface area (Å²) < 4.78 is 14.6. The molecule has 1 aliphatic rings. The van der Waals surface area contributed by atoms with Gasteiger partial charge in [0.2, 0.25) is 0 Å². The summed E-state index contributed by atoms with van der Waals surface area (Å²) in [5, 5.41) is 18.9. The van der Waals surface area contributed by atoms with E-state index in [1.165, 1.54) is 12.2 Å². The Morgan fingerprint density at radius 3 is 2.45 bits per heavy atom. The lowest BCUT2D eigenvalue weighted by atomic mass is 9.89. The van der Waals surface area contributed by atoms with Gasteiger partial charge >= 0.3 is 7.75 Å². The molecule has 1 atom stereocenters. The average Bonchev–Trinajstić information content (AvgIpc) is 2.41. The highest BCUT2D eigenvalue weighted by Gasteiger charge is 2.20. The molecule has 0 radical (unpaired) electrons. The molecule has 0 amide bonds. The summed E-state index contributed by atoms with van der Waals surface area (Å²) in [5.41, 5.74) is 1.86. The van der Waals surface area contributed by atoms with Crippen LogP contribution in [0.3, 0.4) is 0 Å². The molecule has 1 aromatic rings. The molecule has 0 fully saturated rings. The summed E-state index contributed by atoms with van der Waals surface area (Å²) in [6, 6.07) is 6.75. The van der Waals surface area contributed by atoms with Crippen LogP contribution in [0.15, 0.2) is 52.5 Å². The summed E-state index contributed by atoms with van der Waals surface area (Å²) in [6.07, 6.45) is 3.60. The van der Waals surface area contributed by atoms with E-state index in [0.717, 1.165) is 5.56 Å². The minimum atomic E-state index is -4.51. The van der Waals surface area contributed by atoms with Crippen molar-refractivity contribution in [1.82, 2.24) is 0 Å². The van der Waals surface area contributed by atoms with Crippen LogP contribution in [0, 0.1) is 0 Å². The van der Waals surface area contributed by atoms with E-state index < -0.39 is 7.75 Å². The molecule has 2 rings (SSSR count). The molecule has 22 heavy (non-hydrogen) atoms. The third kappa shape index (κ3) is 4.56. The number of hydrogen-bond donors (Lipinski definition) is 4. The fourth-order valence-corrected chi connectivity index (χ4v) is 2.87. The van der Waals surface area contributed by atoms with Crippen molar-refractivity contribution in [2.24, 2.45) is 4.76 Å². The molecular weight excluding hydrogens is 305 g/mol. The Labute approximate surface area is 128 Å². The highest BCUT2D eigenvalue weighted by molar-refractivity contribution is 7.50. The van der Waals surface area contributed by atoms with Gasteiger partial charge in [0, 0.05) is 6.42 Å². The lowest BCUT2D eigenvalue weighted by Crippen LogP contribution is -2.10. The van der Waals surface area contributed by atoms with Crippen LogP contribution >= 0.6 is 7.75 Å². The van der Waals surface area contributed by atoms with Gasteiger partial charge in [-0.3, -0.25) is 0 Å². The van der Waals surface area contributed by atoms with Crippen LogP contribution in [0.1, 0.15) is 31.2 Å². The van der Waals surface area contributed by atoms with E-state index in [1.807, 2.05) is 6.92 Å². The van der Waals surface area contributed by atoms with Gasteiger partial charge in [0.05, 0.1) is 5.71 Å². The van der Waals surface area contributed by atoms with Crippen LogP contribution in [0.2, 0.25) is 0 Å². The van der Waals surface area contributed by atoms with E-state index in [1.54, 1.807) is 24.3 Å². The second-order valence-corrected chi connectivity index (χ2v) is 6.49. The van der Waals surface area contributed by atoms with E-state index in [4.69, 9.17) is 9.79 Å². The molecule has 0 aliphatic heterocycles. The zero-order valence-corrected chi connectivity index (χ0v) is 12.9. The molecule has 4 N–H and O–H groups in total. The topological polar surface area (TPSA) is 110 Å². The minimum Gasteiger partial charge on any atom is -0.508 e. The molecule has 0 spiro atoms. The van der Waals surface area contributed by atoms with E-state index in [0.29, 0.717) is 12.0 Å². The molecule has 7 heteroatoms. The standard InChI is InChI=1S/C15H18NO5P/c1-10(11-2-4-13(17)5-3-11)8-12-9-14(18)6-7-15(12)16-22(19,20)21/h2-6,9-10,17-18H,7-8H2,1H3,(H2,19,20,21). The number of benzene rings is 1. The summed E-state index contributed by atoms with van der Waals surface area (Å²) in [7, 11) is -4.51. The molecule has 1 unspecified atom stereocenters. The van der Waals surface area contributed by atoms with Crippen LogP contribution in [0.25, 0.3) is 0 Å². The van der Waals surface area contributed by atoms with Crippen LogP contribution in [0.4, 0.5) is 0 Å². The smallest absolute Gasteiger partial charge is 0.448 e. The number of phenolic OH excluding ortho intramolecular Hbond substituents is 1. The molecular formula is C15H18NO5P. The van der Waals surface area contributed by atoms with E-state index >= 15 is 0 Å². The van der Waals surface area contributed by atoms with Crippen LogP contribution in [0.5, 0.6) is 5.75 Å². The van der Waals surface area contributed by atoms with Gasteiger partial charge in [0.15, 0.2) is 0 Å². The first-order valence-electron chi connectivity index (χ1n) is 6.78. The third-order valence-electron chi connectivity index (χ3n) is 3.44. The van der Waals surface area contributed by atoms with Crippen molar-refractivity contribution in [3.8, 4) is 5.75 Å². The normalized spacial score (nSPS) is 18.8. The van der Waals surface area contributed by atoms with Gasteiger partial charge in [0.1, 0.15) is 11.5 Å². The monoisotopic (exact) mass is 323 g/mol. The average molecular weight is 323 g/mol. The Hall–Kier alpha value is -1.88. The molecule has 1 aromatic carbocycles. The highest BCUT2D eigenvalue weighted by atomic mass is 31.2. The van der Waals surface area contributed by atoms with Crippen molar-refractivity contribution in [2.75, 3.05) is 0 Å². The van der Waals surface area contributed by atoms with Crippen molar-refractivity contribution in [2.45, 2.75) is 25.7 Å². The maximum Gasteiger partial charge on any atom is 0.448 e. The van der Waals surface area contributed by atoms with Gasteiger partial charge in [-0.15, -0.1) is 0 Å². The maximum atomic E-state index is 11.1. The van der Waals surface area contributed by atoms with E-state index in [-0.39, 0.29) is 29.6 Å². The summed E-state index contributed by atoms with van der Waals surface area (Å²) in [5.74, 6) is 0.287. The zero-order valence-electron chi connectivity index (χ0n) is 12.0. The largest absolute Gasteiger partial charge is 0.508 e. The predicted molar refractivity (Wildman–Crippen MR) is 84.0 cm³/mol. The second kappa shape index (κ2) is 6.48. The van der Waals surface area contributed by atoms with Crippen LogP contribution in [-0.2, 0) is 4.57 Å². The number of aliphatic hydroxyl groups excluding tert-OH is 1. The Balaban J connectivity index is 2.24. The summed E-state index contributed by atoms with van der Waals surface area (Å²) in [6.45, 7) is 1.96. The number of aliphatic hydroxyl groups is 1. The van der Waals surface area contributed by atoms with Crippen molar-refractivity contribution < 1.29 is 24.6 Å². The number of phenols is 1. The first-order valence-corrected chi connectivity index (χ1v) is 8.35. The molecule has 0 saturated heterocycles. The van der Waals surface area contributed by atoms with Crippen LogP contribution < -0.4 is 0 Å². The number of nitrogens with zero attached hydrogens (tertiary/aromatic N) is 1. The molecule has 1 aliphatic carbocycles. The zero-order chi connectivity index (χ0) is 16.3. The lowest BCUT2D eigenvalue weighted by molar-refractivity contribution is 0.375. The summed E-state index contributed by atoms with van der Waals surface area (Å²) in [4.78, 5) is 18.0. The minimum absolute atomic E-state index is 0.0414. The van der Waals surface area contributed by atoms with Gasteiger partial charge in [-0.25, -0.2) is 4.57 Å². The first-order chi connectivity index (χ1) is 10.2. The fraction of sp³-hybridized carbons (Fsp3) is 0.267. The SMILES string of the molecule is CC(CC1=CC(O)=CCC1=NP(=O)(O)O)c1ccc(O)cc1. The van der Waals surface area contributed by atoms with Crippen molar-refractivity contribution in [3.05, 3.63) is 53.3 Å². The van der Waals surface area contributed by atoms with E-state index in [2.05, 4.69) is 4.76 Å². The maximum absolute atomic E-state index is 11.1. The van der Waals surface area contributed by atoms with Crippen molar-refractivity contribution in [1.29, 1.82) is 0 Å². The third-order valence-corrected chi connectivity index (χ3v) is 3.94. The molecule has 0 saturated carbocycles.